The monoisotopic (exact) mass is 554 g/mol. The Morgan fingerprint density at radius 1 is 1.00 bits per heavy atom. The third-order valence-corrected chi connectivity index (χ3v) is 7.43. The largest absolute Gasteiger partial charge is 0.461 e. The number of benzene rings is 3. The van der Waals surface area contributed by atoms with E-state index in [0.717, 1.165) is 18.2 Å². The molecule has 11 heteroatoms. The maximum atomic E-state index is 14.9. The van der Waals surface area contributed by atoms with Crippen molar-refractivity contribution < 1.29 is 35.3 Å². The van der Waals surface area contributed by atoms with Crippen LogP contribution in [-0.4, -0.2) is 21.5 Å². The number of alkyl halides is 4. The van der Waals surface area contributed by atoms with E-state index in [2.05, 4.69) is 4.74 Å². The molecule has 2 atom stereocenters. The number of halogens is 6. The highest BCUT2D eigenvalue weighted by Gasteiger charge is 2.46. The highest BCUT2D eigenvalue weighted by atomic mass is 32.2. The molecule has 0 fully saturated rings. The maximum absolute atomic E-state index is 14.9. The van der Waals surface area contributed by atoms with Gasteiger partial charge >= 0.3 is 12.5 Å². The highest BCUT2D eigenvalue weighted by molar-refractivity contribution is 7.84. The van der Waals surface area contributed by atoms with E-state index < -0.39 is 51.1 Å². The molecule has 3 aromatic rings. The van der Waals surface area contributed by atoms with Gasteiger partial charge in [0.2, 0.25) is 0 Å². The second kappa shape index (κ2) is 11.2. The molecule has 0 amide bonds. The van der Waals surface area contributed by atoms with Crippen LogP contribution in [0.1, 0.15) is 42.5 Å². The Morgan fingerprint density at radius 2 is 1.66 bits per heavy atom. The van der Waals surface area contributed by atoms with Gasteiger partial charge in [-0.05, 0) is 67.6 Å². The molecule has 0 aliphatic heterocycles. The fourth-order valence-corrected chi connectivity index (χ4v) is 4.78. The topological polar surface area (TPSA) is 76.1 Å². The van der Waals surface area contributed by atoms with Gasteiger partial charge in [-0.2, -0.15) is 22.8 Å². The first-order valence-electron chi connectivity index (χ1n) is 11.3. The third-order valence-electron chi connectivity index (χ3n) is 6.19. The van der Waals surface area contributed by atoms with Gasteiger partial charge in [0, 0.05) is 11.5 Å². The molecule has 4 nitrogen and oxygen atoms in total. The average molecular weight is 555 g/mol. The summed E-state index contributed by atoms with van der Waals surface area (Å²) >= 11 is 0. The van der Waals surface area contributed by atoms with Crippen molar-refractivity contribution in [3.05, 3.63) is 101 Å². The summed E-state index contributed by atoms with van der Waals surface area (Å²) in [6.45, 7) is 3.14. The van der Waals surface area contributed by atoms with Gasteiger partial charge in [-0.25, -0.2) is 13.0 Å². The second-order valence-electron chi connectivity index (χ2n) is 9.42. The quantitative estimate of drug-likeness (QED) is 0.295. The Balaban J connectivity index is 2.38. The molecule has 3 rings (SSSR count). The van der Waals surface area contributed by atoms with Crippen LogP contribution in [0.15, 0.2) is 66.7 Å². The molecule has 0 spiro atoms. The molecular weight excluding hydrogens is 530 g/mol. The molecule has 2 N–H and O–H groups in total. The minimum atomic E-state index is -4.91. The Kier molecular flexibility index (Phi) is 8.58. The number of nitrogens with two attached hydrogens (primary N) is 1. The fourth-order valence-electron chi connectivity index (χ4n) is 4.39. The number of nitrogens with zero attached hydrogens (tertiary/aromatic N) is 1. The molecular formula is C27H24F6N2O2S. The van der Waals surface area contributed by atoms with Crippen molar-refractivity contribution in [2.24, 2.45) is 5.14 Å². The lowest BCUT2D eigenvalue weighted by atomic mass is 9.65. The van der Waals surface area contributed by atoms with Crippen molar-refractivity contribution in [3.8, 4) is 11.8 Å². The highest BCUT2D eigenvalue weighted by Crippen LogP contribution is 2.45. The van der Waals surface area contributed by atoms with Crippen molar-refractivity contribution in [2.45, 2.75) is 49.4 Å². The molecule has 0 saturated carbocycles. The number of hydrogen-bond acceptors (Lipinski definition) is 3. The lowest BCUT2D eigenvalue weighted by Crippen LogP contribution is -2.43. The molecule has 0 heterocycles. The second-order valence-corrected chi connectivity index (χ2v) is 11.1. The maximum Gasteiger partial charge on any atom is 0.461 e. The predicted molar refractivity (Wildman–Crippen MR) is 131 cm³/mol. The molecule has 1 unspecified atom stereocenters. The van der Waals surface area contributed by atoms with Crippen LogP contribution in [0.3, 0.4) is 0 Å². The Hall–Kier alpha value is -3.36. The van der Waals surface area contributed by atoms with Crippen molar-refractivity contribution >= 4 is 11.0 Å². The van der Waals surface area contributed by atoms with E-state index in [0.29, 0.717) is 11.6 Å². The van der Waals surface area contributed by atoms with E-state index in [-0.39, 0.29) is 29.5 Å². The Labute approximate surface area is 218 Å². The van der Waals surface area contributed by atoms with E-state index in [1.165, 1.54) is 12.1 Å². The summed E-state index contributed by atoms with van der Waals surface area (Å²) in [4.78, 5) is 0. The van der Waals surface area contributed by atoms with E-state index in [1.54, 1.807) is 50.2 Å². The normalized spacial score (nSPS) is 14.6. The van der Waals surface area contributed by atoms with Crippen LogP contribution in [0.5, 0.6) is 5.75 Å². The SMILES string of the molecule is CC(C)(C[C@@](Cc1ccccc1)(c1cc(F)cc(OC(F)(F)C(F)F)c1)c1ccc(F)c(C#N)c1)S(N)=O. The fraction of sp³-hybridized carbons (Fsp3) is 0.296. The number of nitriles is 1. The van der Waals surface area contributed by atoms with Crippen LogP contribution in [-0.2, 0) is 22.8 Å². The summed E-state index contributed by atoms with van der Waals surface area (Å²) < 4.78 is 97.9. The molecule has 0 saturated heterocycles. The lowest BCUT2D eigenvalue weighted by molar-refractivity contribution is -0.253. The minimum absolute atomic E-state index is 0.0181. The van der Waals surface area contributed by atoms with E-state index >= 15 is 0 Å². The zero-order valence-electron chi connectivity index (χ0n) is 20.4. The van der Waals surface area contributed by atoms with Crippen LogP contribution in [0, 0.1) is 23.0 Å². The van der Waals surface area contributed by atoms with Gasteiger partial charge in [0.25, 0.3) is 0 Å². The zero-order valence-corrected chi connectivity index (χ0v) is 21.2. The summed E-state index contributed by atoms with van der Waals surface area (Å²) in [5.74, 6) is -2.78. The van der Waals surface area contributed by atoms with E-state index in [4.69, 9.17) is 5.14 Å². The molecule has 38 heavy (non-hydrogen) atoms. The molecule has 0 aliphatic carbocycles. The zero-order chi connectivity index (χ0) is 28.3. The van der Waals surface area contributed by atoms with Gasteiger partial charge < -0.3 is 4.74 Å². The molecule has 0 aliphatic rings. The summed E-state index contributed by atoms with van der Waals surface area (Å²) in [6, 6.07) is 16.5. The first-order valence-corrected chi connectivity index (χ1v) is 12.5. The Bertz CT molecular complexity index is 1360. The number of ether oxygens (including phenoxy) is 1. The number of rotatable bonds is 10. The van der Waals surface area contributed by atoms with Crippen LogP contribution < -0.4 is 9.88 Å². The number of hydrogen-bond donors (Lipinski definition) is 1. The van der Waals surface area contributed by atoms with E-state index in [1.807, 2.05) is 0 Å². The van der Waals surface area contributed by atoms with Crippen molar-refractivity contribution in [3.63, 3.8) is 0 Å². The molecule has 3 aromatic carbocycles. The Morgan fingerprint density at radius 3 is 2.24 bits per heavy atom. The van der Waals surface area contributed by atoms with Crippen molar-refractivity contribution in [1.29, 1.82) is 5.26 Å². The van der Waals surface area contributed by atoms with Gasteiger partial charge in [-0.15, -0.1) is 0 Å². The summed E-state index contributed by atoms with van der Waals surface area (Å²) in [7, 11) is -1.96. The first-order chi connectivity index (χ1) is 17.7. The summed E-state index contributed by atoms with van der Waals surface area (Å²) in [6.07, 6.45) is -9.17. The molecule has 202 valence electrons. The summed E-state index contributed by atoms with van der Waals surface area (Å²) in [5, 5.41) is 15.2. The van der Waals surface area contributed by atoms with Gasteiger partial charge in [0.05, 0.1) is 21.3 Å². The first kappa shape index (κ1) is 29.2. The summed E-state index contributed by atoms with van der Waals surface area (Å²) in [5.41, 5.74) is -0.896. The predicted octanol–water partition coefficient (Wildman–Crippen LogP) is 6.39. The smallest absolute Gasteiger partial charge is 0.428 e. The van der Waals surface area contributed by atoms with Gasteiger partial charge in [-0.3, -0.25) is 5.14 Å². The van der Waals surface area contributed by atoms with Crippen LogP contribution in [0.2, 0.25) is 0 Å². The van der Waals surface area contributed by atoms with Crippen LogP contribution in [0.4, 0.5) is 26.3 Å². The van der Waals surface area contributed by atoms with Gasteiger partial charge in [-0.1, -0.05) is 36.4 Å². The van der Waals surface area contributed by atoms with Gasteiger partial charge in [0.15, 0.2) is 0 Å². The van der Waals surface area contributed by atoms with Gasteiger partial charge in [0.1, 0.15) is 23.5 Å². The molecule has 0 radical (unpaired) electrons. The van der Waals surface area contributed by atoms with Crippen molar-refractivity contribution in [1.82, 2.24) is 0 Å². The molecule has 0 aromatic heterocycles. The van der Waals surface area contributed by atoms with Crippen LogP contribution >= 0.6 is 0 Å². The minimum Gasteiger partial charge on any atom is -0.428 e. The standard InChI is InChI=1S/C27H24F6N2O2S/c1-25(2,38(35)36)16-26(14-17-6-4-3-5-7-17,19-8-9-23(29)18(10-19)15-34)20-11-21(28)13-22(12-20)37-27(32,33)24(30)31/h3-13,24H,14,16,35H2,1-2H3/t26-,38?/m1/s1. The third kappa shape index (κ3) is 6.37. The average Bonchev–Trinajstić information content (AvgIpc) is 2.83. The molecule has 0 bridgehead atoms. The van der Waals surface area contributed by atoms with Crippen molar-refractivity contribution in [2.75, 3.05) is 0 Å². The van der Waals surface area contributed by atoms with E-state index in [9.17, 15) is 35.8 Å². The van der Waals surface area contributed by atoms with Crippen LogP contribution in [0.25, 0.3) is 0 Å². The lowest BCUT2D eigenvalue weighted by Gasteiger charge is -2.41.